The summed E-state index contributed by atoms with van der Waals surface area (Å²) in [5.74, 6) is 0. The first kappa shape index (κ1) is 33.6. The molecule has 0 N–H and O–H groups in total. The molecule has 0 nitrogen and oxygen atoms in total. The molecule has 0 aromatic heterocycles. The van der Waals surface area contributed by atoms with Crippen molar-refractivity contribution in [1.29, 1.82) is 0 Å². The quantitative estimate of drug-likeness (QED) is 0.0936. The van der Waals surface area contributed by atoms with E-state index in [-0.39, 0.29) is 0 Å². The van der Waals surface area contributed by atoms with Gasteiger partial charge in [-0.25, -0.2) is 0 Å². The van der Waals surface area contributed by atoms with E-state index in [9.17, 15) is 25.2 Å². The summed E-state index contributed by atoms with van der Waals surface area (Å²) >= 11 is 0. The Kier molecular flexibility index (Phi) is 17.5. The molecule has 0 aliphatic rings. The van der Waals surface area contributed by atoms with E-state index < -0.39 is 15.1 Å². The van der Waals surface area contributed by atoms with E-state index >= 15 is 0 Å². The summed E-state index contributed by atoms with van der Waals surface area (Å²) in [7, 11) is -11.2. The Morgan fingerprint density at radius 2 is 0.645 bits per heavy atom. The summed E-state index contributed by atoms with van der Waals surface area (Å²) in [5, 5.41) is 0. The second-order valence-corrected chi connectivity index (χ2v) is 15.5. The van der Waals surface area contributed by atoms with Crippen molar-refractivity contribution >= 4 is 15.1 Å². The zero-order valence-electron chi connectivity index (χ0n) is 20.6. The summed E-state index contributed by atoms with van der Waals surface area (Å²) in [5.41, 5.74) is 0. The van der Waals surface area contributed by atoms with Gasteiger partial charge in [-0.05, 0) is 32.1 Å². The van der Waals surface area contributed by atoms with Gasteiger partial charge in [0.25, 0.3) is 0 Å². The first-order valence-electron chi connectivity index (χ1n) is 12.6. The molecule has 0 heterocycles. The van der Waals surface area contributed by atoms with E-state index in [0.717, 1.165) is 0 Å². The Morgan fingerprint density at radius 3 is 0.903 bits per heavy atom. The van der Waals surface area contributed by atoms with Crippen LogP contribution in [0.2, 0.25) is 0 Å². The van der Waals surface area contributed by atoms with Crippen LogP contribution in [0.25, 0.3) is 0 Å². The minimum absolute atomic E-state index is 0.576. The molecule has 0 spiro atoms. The van der Waals surface area contributed by atoms with Crippen LogP contribution in [-0.2, 0) is 0 Å². The van der Waals surface area contributed by atoms with E-state index in [1.54, 1.807) is 24.6 Å². The second-order valence-electron chi connectivity index (χ2n) is 9.08. The van der Waals surface area contributed by atoms with Gasteiger partial charge in [0.1, 0.15) is 0 Å². The van der Waals surface area contributed by atoms with Crippen LogP contribution >= 0.6 is 15.1 Å². The van der Waals surface area contributed by atoms with Crippen molar-refractivity contribution in [1.82, 2.24) is 0 Å². The molecule has 0 fully saturated rings. The zero-order chi connectivity index (χ0) is 24.3. The molecule has 31 heavy (non-hydrogen) atoms. The summed E-state index contributed by atoms with van der Waals surface area (Å²) in [6, 6.07) is 0. The van der Waals surface area contributed by atoms with Crippen molar-refractivity contribution in [2.45, 2.75) is 124 Å². The van der Waals surface area contributed by atoms with Crippen LogP contribution in [-0.4, -0.2) is 24.6 Å². The molecule has 0 bridgehead atoms. The van der Waals surface area contributed by atoms with Gasteiger partial charge in [0, 0.05) is 7.26 Å². The molecule has 0 rings (SSSR count). The predicted octanol–water partition coefficient (Wildman–Crippen LogP) is 12.3. The molecule has 8 heteroatoms. The molecule has 0 unspecified atom stereocenters. The van der Waals surface area contributed by atoms with E-state index in [4.69, 9.17) is 0 Å². The molecule has 194 valence electrons. The fourth-order valence-corrected chi connectivity index (χ4v) is 9.46. The van der Waals surface area contributed by atoms with Gasteiger partial charge in [-0.3, -0.25) is 0 Å². The van der Waals surface area contributed by atoms with Crippen LogP contribution < -0.4 is 0 Å². The van der Waals surface area contributed by atoms with Crippen LogP contribution in [0, 0.1) is 0 Å². The van der Waals surface area contributed by atoms with Gasteiger partial charge in [-0.2, -0.15) is 0 Å². The first-order valence-corrected chi connectivity index (χ1v) is 17.2. The molecule has 0 saturated heterocycles. The normalized spacial score (nSPS) is 14.5. The van der Waals surface area contributed by atoms with E-state index in [2.05, 4.69) is 27.7 Å². The minimum atomic E-state index is -10.7. The predicted molar refractivity (Wildman–Crippen MR) is 132 cm³/mol. The van der Waals surface area contributed by atoms with Crippen LogP contribution in [0.4, 0.5) is 25.2 Å². The van der Waals surface area contributed by atoms with E-state index in [1.807, 2.05) is 0 Å². The monoisotopic (exact) mass is 502 g/mol. The van der Waals surface area contributed by atoms with Crippen LogP contribution in [0.5, 0.6) is 0 Å². The Hall–Kier alpha value is 0.440. The Balaban J connectivity index is 0. The van der Waals surface area contributed by atoms with Crippen molar-refractivity contribution in [3.8, 4) is 0 Å². The molecule has 0 saturated carbocycles. The standard InChI is InChI=1S/C23H50P.F6P/c1-5-9-10-11-12-13-14-15-16-17-18-19-23-24(20-6-2,21-7-3)22-8-4;1-7(2,3,4,5)6/h5-23H2,1-4H3;/q+1;-1. The van der Waals surface area contributed by atoms with Gasteiger partial charge < -0.3 is 0 Å². The Morgan fingerprint density at radius 1 is 0.387 bits per heavy atom. The fraction of sp³-hybridized carbons (Fsp3) is 1.00. The number of halogens is 6. The third-order valence-electron chi connectivity index (χ3n) is 5.58. The van der Waals surface area contributed by atoms with Crippen molar-refractivity contribution < 1.29 is 25.2 Å². The van der Waals surface area contributed by atoms with Gasteiger partial charge in [0.2, 0.25) is 0 Å². The molecule has 0 amide bonds. The molecule has 0 radical (unpaired) electrons. The molecule has 0 aliphatic heterocycles. The maximum atomic E-state index is 9.87. The van der Waals surface area contributed by atoms with Crippen LogP contribution in [0.1, 0.15) is 124 Å². The molecule has 0 aliphatic carbocycles. The van der Waals surface area contributed by atoms with Crippen LogP contribution in [0.3, 0.4) is 0 Å². The average molecular weight is 503 g/mol. The summed E-state index contributed by atoms with van der Waals surface area (Å²) in [6.45, 7) is 9.52. The second kappa shape index (κ2) is 16.1. The summed E-state index contributed by atoms with van der Waals surface area (Å²) in [4.78, 5) is 0. The fourth-order valence-electron chi connectivity index (χ4n) is 4.38. The number of unbranched alkanes of at least 4 members (excludes halogenated alkanes) is 11. The van der Waals surface area contributed by atoms with Gasteiger partial charge in [0.05, 0.1) is 24.6 Å². The Labute approximate surface area is 189 Å². The molecule has 0 atom stereocenters. The van der Waals surface area contributed by atoms with Crippen molar-refractivity contribution in [3.63, 3.8) is 0 Å². The SMILES string of the molecule is CCCCCCCCCCCCCC[P+](CCC)(CCC)CCC.F[P-](F)(F)(F)(F)F. The Bertz CT molecular complexity index is 380. The van der Waals surface area contributed by atoms with Gasteiger partial charge in [-0.1, -0.05) is 91.9 Å². The van der Waals surface area contributed by atoms with Crippen molar-refractivity contribution in [2.75, 3.05) is 24.6 Å². The maximum absolute atomic E-state index is 10.7. The van der Waals surface area contributed by atoms with E-state index in [1.165, 1.54) is 96.3 Å². The average Bonchev–Trinajstić information content (AvgIpc) is 2.61. The zero-order valence-corrected chi connectivity index (χ0v) is 22.4. The van der Waals surface area contributed by atoms with Crippen molar-refractivity contribution in [2.24, 2.45) is 0 Å². The molecule has 0 aromatic rings. The molecule has 0 aromatic carbocycles. The molecular weight excluding hydrogens is 452 g/mol. The number of rotatable bonds is 19. The van der Waals surface area contributed by atoms with Crippen LogP contribution in [0.15, 0.2) is 0 Å². The first-order chi connectivity index (χ1) is 14.2. The van der Waals surface area contributed by atoms with Crippen molar-refractivity contribution in [3.05, 3.63) is 0 Å². The molecular formula is C23H50F6P2. The van der Waals surface area contributed by atoms with Gasteiger partial charge in [0.15, 0.2) is 0 Å². The summed E-state index contributed by atoms with van der Waals surface area (Å²) in [6.07, 6.45) is 28.4. The third kappa shape index (κ3) is 32.7. The third-order valence-corrected chi connectivity index (χ3v) is 11.0. The van der Waals surface area contributed by atoms with Gasteiger partial charge in [-0.15, -0.1) is 0 Å². The summed E-state index contributed by atoms with van der Waals surface area (Å²) < 4.78 is 59.2. The number of hydrogen-bond donors (Lipinski definition) is 0. The van der Waals surface area contributed by atoms with E-state index in [0.29, 0.717) is 0 Å². The van der Waals surface area contributed by atoms with Gasteiger partial charge >= 0.3 is 33.0 Å². The topological polar surface area (TPSA) is 0 Å². The number of hydrogen-bond acceptors (Lipinski definition) is 0.